The number of aromatic nitrogens is 1. The predicted molar refractivity (Wildman–Crippen MR) is 200 cm³/mol. The van der Waals surface area contributed by atoms with Crippen LogP contribution in [0.5, 0.6) is 17.2 Å². The van der Waals surface area contributed by atoms with Crippen LogP contribution < -0.4 is 14.8 Å². The molecule has 2 heterocycles. The Bertz CT molecular complexity index is 2400. The molecular formula is C39H38F3N4O6S2+. The smallest absolute Gasteiger partial charge is 0.306 e. The first-order valence-corrected chi connectivity index (χ1v) is 19.7. The lowest BCUT2D eigenvalue weighted by atomic mass is 9.84. The number of fused-ring (bicyclic) bond motifs is 2. The number of aryl methyl sites for hydroxylation is 2. The van der Waals surface area contributed by atoms with Gasteiger partial charge >= 0.3 is 5.97 Å². The number of rotatable bonds is 12. The third-order valence-corrected chi connectivity index (χ3v) is 11.7. The van der Waals surface area contributed by atoms with Crippen molar-refractivity contribution >= 4 is 50.8 Å². The lowest BCUT2D eigenvalue weighted by Gasteiger charge is -2.33. The maximum Gasteiger partial charge on any atom is 0.306 e. The number of hydrogen-bond donors (Lipinski definition) is 2. The minimum Gasteiger partial charge on any atom is -0.492 e. The molecular weight excluding hydrogens is 742 g/mol. The summed E-state index contributed by atoms with van der Waals surface area (Å²) in [5.74, 6) is -4.35. The van der Waals surface area contributed by atoms with E-state index < -0.39 is 50.1 Å². The lowest BCUT2D eigenvalue weighted by Crippen LogP contribution is -2.93. The highest BCUT2D eigenvalue weighted by molar-refractivity contribution is 7.99. The first kappa shape index (κ1) is 38.6. The molecule has 0 saturated heterocycles. The zero-order chi connectivity index (χ0) is 38.8. The standard InChI is InChI=1S/C39H37F3N4O6S2/c1-5-50-31(47)16-11-24-7-6-8-29-35(24)51-20-18-39(29,3)45-22-44-38(43)28-21-25(12-15-30(28)40)52-36-33(42)32(41)34-27(37(36)53-4)17-19-46(34)54(48,49)26-13-9-23(2)10-14-26/h6-10,12-15,17,19,21-22H,5,11,16,18,20H2,1-4H3,(H2,43,44,45)/p+1. The van der Waals surface area contributed by atoms with Crippen LogP contribution >= 0.6 is 11.8 Å². The molecule has 1 aromatic heterocycles. The van der Waals surface area contributed by atoms with Gasteiger partial charge < -0.3 is 14.2 Å². The van der Waals surface area contributed by atoms with E-state index in [2.05, 4.69) is 4.99 Å². The number of nitrogens with two attached hydrogens (primary N) is 1. The first-order valence-electron chi connectivity index (χ1n) is 17.0. The number of quaternary nitrogens is 1. The average molecular weight is 780 g/mol. The Morgan fingerprint density at radius 3 is 2.59 bits per heavy atom. The number of nitrogens with zero attached hydrogens (tertiary/aromatic N) is 2. The van der Waals surface area contributed by atoms with E-state index in [0.29, 0.717) is 35.8 Å². The SMILES string of the molecule is CCOC(=O)CCc1cccc2c1OCCC2(C)[NH2+]C=NC(=N)c1cc(Oc2c(F)c(F)c3c(ccn3S(=O)(=O)c3ccc(C)cc3)c2SC)ccc1F. The second-order valence-corrected chi connectivity index (χ2v) is 15.5. The highest BCUT2D eigenvalue weighted by atomic mass is 32.2. The van der Waals surface area contributed by atoms with Crippen LogP contribution in [-0.2, 0) is 31.5 Å². The topological polar surface area (TPSA) is 137 Å². The van der Waals surface area contributed by atoms with Crippen molar-refractivity contribution < 1.29 is 45.9 Å². The molecule has 54 heavy (non-hydrogen) atoms. The molecule has 3 N–H and O–H groups in total. The number of para-hydroxylation sites is 1. The lowest BCUT2D eigenvalue weighted by molar-refractivity contribution is -0.627. The molecule has 0 amide bonds. The summed E-state index contributed by atoms with van der Waals surface area (Å²) in [6, 6.07) is 16.5. The number of ether oxygens (including phenoxy) is 3. The van der Waals surface area contributed by atoms with Crippen molar-refractivity contribution in [3.63, 3.8) is 0 Å². The predicted octanol–water partition coefficient (Wildman–Crippen LogP) is 7.23. The summed E-state index contributed by atoms with van der Waals surface area (Å²) in [5.41, 5.74) is 1.30. The summed E-state index contributed by atoms with van der Waals surface area (Å²) in [4.78, 5) is 16.2. The molecule has 1 atom stereocenters. The number of hydrogen-bond acceptors (Lipinski definition) is 8. The fourth-order valence-corrected chi connectivity index (χ4v) is 8.36. The largest absolute Gasteiger partial charge is 0.492 e. The summed E-state index contributed by atoms with van der Waals surface area (Å²) in [7, 11) is -4.28. The van der Waals surface area contributed by atoms with Crippen molar-refractivity contribution in [1.82, 2.24) is 3.97 Å². The molecule has 0 fully saturated rings. The van der Waals surface area contributed by atoms with Gasteiger partial charge in [0.2, 0.25) is 5.82 Å². The zero-order valence-electron chi connectivity index (χ0n) is 29.9. The van der Waals surface area contributed by atoms with Crippen molar-refractivity contribution in [2.45, 2.75) is 55.4 Å². The van der Waals surface area contributed by atoms with E-state index in [1.807, 2.05) is 25.1 Å². The summed E-state index contributed by atoms with van der Waals surface area (Å²) in [5, 5.41) is 10.5. The molecule has 1 aliphatic rings. The Morgan fingerprint density at radius 2 is 1.87 bits per heavy atom. The molecule has 0 spiro atoms. The van der Waals surface area contributed by atoms with Crippen molar-refractivity contribution in [2.75, 3.05) is 19.5 Å². The van der Waals surface area contributed by atoms with Gasteiger partial charge in [0, 0.05) is 24.4 Å². The Kier molecular flexibility index (Phi) is 11.2. The van der Waals surface area contributed by atoms with Gasteiger partial charge in [-0.3, -0.25) is 15.5 Å². The Morgan fingerprint density at radius 1 is 1.11 bits per heavy atom. The fourth-order valence-electron chi connectivity index (χ4n) is 6.31. The second-order valence-electron chi connectivity index (χ2n) is 12.8. The van der Waals surface area contributed by atoms with Gasteiger partial charge in [-0.15, -0.1) is 11.8 Å². The average Bonchev–Trinajstić information content (AvgIpc) is 3.60. The molecule has 0 aliphatic carbocycles. The quantitative estimate of drug-likeness (QED) is 0.0591. The van der Waals surface area contributed by atoms with Gasteiger partial charge in [-0.1, -0.05) is 29.8 Å². The van der Waals surface area contributed by atoms with Crippen molar-refractivity contribution in [3.8, 4) is 17.2 Å². The molecule has 15 heteroatoms. The summed E-state index contributed by atoms with van der Waals surface area (Å²) in [6.07, 6.45) is 5.43. The van der Waals surface area contributed by atoms with Gasteiger partial charge in [0.15, 0.2) is 23.7 Å². The Hall–Kier alpha value is -5.12. The number of nitrogens with one attached hydrogen (secondary N) is 1. The monoisotopic (exact) mass is 779 g/mol. The first-order chi connectivity index (χ1) is 25.8. The number of carbonyl (C=O) groups excluding carboxylic acids is 1. The minimum absolute atomic E-state index is 0.0941. The molecule has 1 unspecified atom stereocenters. The third kappa shape index (κ3) is 7.48. The van der Waals surface area contributed by atoms with Crippen LogP contribution in [0, 0.1) is 29.8 Å². The number of aliphatic imine (C=N–C) groups is 1. The zero-order valence-corrected chi connectivity index (χ0v) is 31.5. The van der Waals surface area contributed by atoms with Crippen LogP contribution in [0.4, 0.5) is 13.2 Å². The normalized spacial score (nSPS) is 15.6. The van der Waals surface area contributed by atoms with E-state index in [4.69, 9.17) is 19.6 Å². The Balaban J connectivity index is 1.24. The van der Waals surface area contributed by atoms with E-state index >= 15 is 13.2 Å². The molecule has 1 aliphatic heterocycles. The number of halogens is 3. The number of amidine groups is 1. The van der Waals surface area contributed by atoms with Gasteiger partial charge in [-0.25, -0.2) is 21.2 Å². The van der Waals surface area contributed by atoms with Crippen molar-refractivity contribution in [1.29, 1.82) is 5.41 Å². The van der Waals surface area contributed by atoms with Gasteiger partial charge in [0.1, 0.15) is 28.4 Å². The number of thioether (sulfide) groups is 1. The summed E-state index contributed by atoms with van der Waals surface area (Å²) >= 11 is 1.02. The van der Waals surface area contributed by atoms with E-state index in [-0.39, 0.29) is 38.9 Å². The van der Waals surface area contributed by atoms with E-state index in [1.165, 1.54) is 30.6 Å². The highest BCUT2D eigenvalue weighted by Crippen LogP contribution is 2.43. The second kappa shape index (κ2) is 15.7. The Labute approximate surface area is 314 Å². The maximum atomic E-state index is 15.8. The fraction of sp³-hybridized carbons (Fsp3) is 0.256. The van der Waals surface area contributed by atoms with E-state index in [9.17, 15) is 13.2 Å². The molecule has 282 valence electrons. The van der Waals surface area contributed by atoms with Gasteiger partial charge in [-0.05, 0) is 81.5 Å². The minimum atomic E-state index is -4.28. The van der Waals surface area contributed by atoms with Crippen LogP contribution in [0.25, 0.3) is 10.9 Å². The van der Waals surface area contributed by atoms with Crippen LogP contribution in [0.1, 0.15) is 48.9 Å². The number of benzene rings is 4. The van der Waals surface area contributed by atoms with Crippen LogP contribution in [0.3, 0.4) is 0 Å². The van der Waals surface area contributed by atoms with Crippen LogP contribution in [0.15, 0.2) is 87.7 Å². The molecule has 4 aromatic carbocycles. The van der Waals surface area contributed by atoms with E-state index in [0.717, 1.165) is 46.8 Å². The van der Waals surface area contributed by atoms with Crippen molar-refractivity contribution in [3.05, 3.63) is 113 Å². The molecule has 5 aromatic rings. The van der Waals surface area contributed by atoms with E-state index in [1.54, 1.807) is 37.6 Å². The van der Waals surface area contributed by atoms with Gasteiger partial charge in [-0.2, -0.15) is 9.38 Å². The van der Waals surface area contributed by atoms with Gasteiger partial charge in [0.25, 0.3) is 10.0 Å². The highest BCUT2D eigenvalue weighted by Gasteiger charge is 2.37. The molecule has 6 rings (SSSR count). The number of esters is 1. The molecule has 0 bridgehead atoms. The maximum absolute atomic E-state index is 15.8. The summed E-state index contributed by atoms with van der Waals surface area (Å²) < 4.78 is 91.2. The molecule has 10 nitrogen and oxygen atoms in total. The van der Waals surface area contributed by atoms with Gasteiger partial charge in [0.05, 0.1) is 34.1 Å². The third-order valence-electron chi connectivity index (χ3n) is 9.23. The molecule has 0 radical (unpaired) electrons. The van der Waals surface area contributed by atoms with Crippen LogP contribution in [0.2, 0.25) is 0 Å². The molecule has 0 saturated carbocycles. The van der Waals surface area contributed by atoms with Crippen LogP contribution in [-0.4, -0.2) is 50.0 Å². The van der Waals surface area contributed by atoms with Crippen molar-refractivity contribution in [2.24, 2.45) is 4.99 Å². The number of carbonyl (C=O) groups is 1. The summed E-state index contributed by atoms with van der Waals surface area (Å²) in [6.45, 7) is 6.26.